The number of hydrogen-bond acceptors (Lipinski definition) is 3. The summed E-state index contributed by atoms with van der Waals surface area (Å²) in [5, 5.41) is 3.56. The van der Waals surface area contributed by atoms with Crippen LogP contribution >= 0.6 is 0 Å². The highest BCUT2D eigenvalue weighted by atomic mass is 16.5. The van der Waals surface area contributed by atoms with Crippen LogP contribution in [0.1, 0.15) is 37.6 Å². The van der Waals surface area contributed by atoms with Crippen LogP contribution in [0.2, 0.25) is 0 Å². The van der Waals surface area contributed by atoms with Crippen molar-refractivity contribution in [3.63, 3.8) is 0 Å². The molecule has 110 valence electrons. The molecule has 1 aromatic rings. The highest BCUT2D eigenvalue weighted by molar-refractivity contribution is 5.94. The van der Waals surface area contributed by atoms with Crippen LogP contribution in [0.25, 0.3) is 0 Å². The van der Waals surface area contributed by atoms with Crippen LogP contribution in [-0.2, 0) is 0 Å². The summed E-state index contributed by atoms with van der Waals surface area (Å²) in [5.41, 5.74) is 0.811. The molecule has 0 bridgehead atoms. The molecule has 0 saturated carbocycles. The van der Waals surface area contributed by atoms with Gasteiger partial charge in [0.25, 0.3) is 5.91 Å². The lowest BCUT2D eigenvalue weighted by atomic mass is 10.1. The van der Waals surface area contributed by atoms with E-state index in [4.69, 9.17) is 4.74 Å². The quantitative estimate of drug-likeness (QED) is 0.921. The summed E-state index contributed by atoms with van der Waals surface area (Å²) in [6.07, 6.45) is 1.01. The van der Waals surface area contributed by atoms with Gasteiger partial charge in [-0.1, -0.05) is 0 Å². The summed E-state index contributed by atoms with van der Waals surface area (Å²) in [7, 11) is 1.63. The molecule has 4 nitrogen and oxygen atoms in total. The number of rotatable bonds is 3. The monoisotopic (exact) mass is 276 g/mol. The number of likely N-dealkylation sites (tertiary alicyclic amines) is 1. The molecule has 1 atom stereocenters. The molecule has 0 radical (unpaired) electrons. The van der Waals surface area contributed by atoms with E-state index in [2.05, 4.69) is 26.1 Å². The first-order valence-corrected chi connectivity index (χ1v) is 7.10. The predicted octanol–water partition coefficient (Wildman–Crippen LogP) is 2.30. The molecule has 0 aromatic heterocycles. The number of hydrogen-bond donors (Lipinski definition) is 1. The zero-order valence-corrected chi connectivity index (χ0v) is 12.8. The van der Waals surface area contributed by atoms with Gasteiger partial charge in [-0.25, -0.2) is 0 Å². The fraction of sp³-hybridized carbons (Fsp3) is 0.562. The first-order chi connectivity index (χ1) is 9.39. The van der Waals surface area contributed by atoms with Gasteiger partial charge in [-0.2, -0.15) is 0 Å². The Kier molecular flexibility index (Phi) is 4.33. The Labute approximate surface area is 121 Å². The molecule has 1 aromatic carbocycles. The number of benzene rings is 1. The van der Waals surface area contributed by atoms with Crippen LogP contribution in [0, 0.1) is 0 Å². The molecule has 1 fully saturated rings. The predicted molar refractivity (Wildman–Crippen MR) is 80.2 cm³/mol. The Morgan fingerprint density at radius 1 is 1.30 bits per heavy atom. The molecular formula is C16H24N2O2. The summed E-state index contributed by atoms with van der Waals surface area (Å²) in [4.78, 5) is 14.3. The van der Waals surface area contributed by atoms with Gasteiger partial charge in [0.2, 0.25) is 0 Å². The van der Waals surface area contributed by atoms with E-state index in [0.717, 1.165) is 30.8 Å². The van der Waals surface area contributed by atoms with Crippen molar-refractivity contribution in [2.45, 2.75) is 38.8 Å². The Bertz CT molecular complexity index is 462. The largest absolute Gasteiger partial charge is 0.497 e. The lowest BCUT2D eigenvalue weighted by Crippen LogP contribution is -2.45. The van der Waals surface area contributed by atoms with Gasteiger partial charge in [0.05, 0.1) is 7.11 Å². The molecule has 20 heavy (non-hydrogen) atoms. The fourth-order valence-corrected chi connectivity index (χ4v) is 2.59. The molecule has 1 N–H and O–H groups in total. The maximum Gasteiger partial charge on any atom is 0.253 e. The maximum absolute atomic E-state index is 12.4. The van der Waals surface area contributed by atoms with Gasteiger partial charge in [0, 0.05) is 30.2 Å². The SMILES string of the molecule is COc1ccc(C(=O)N2CCC(NC(C)(C)C)C2)cc1. The molecule has 1 heterocycles. The van der Waals surface area contributed by atoms with Crippen LogP contribution < -0.4 is 10.1 Å². The number of ether oxygens (including phenoxy) is 1. The smallest absolute Gasteiger partial charge is 0.253 e. The third-order valence-electron chi connectivity index (χ3n) is 3.45. The Balaban J connectivity index is 1.96. The summed E-state index contributed by atoms with van der Waals surface area (Å²) in [6, 6.07) is 7.69. The van der Waals surface area contributed by atoms with Crippen molar-refractivity contribution in [1.82, 2.24) is 10.2 Å². The van der Waals surface area contributed by atoms with Crippen molar-refractivity contribution in [2.24, 2.45) is 0 Å². The molecule has 4 heteroatoms. The first kappa shape index (κ1) is 14.9. The van der Waals surface area contributed by atoms with E-state index in [-0.39, 0.29) is 11.4 Å². The number of nitrogens with one attached hydrogen (secondary N) is 1. The average molecular weight is 276 g/mol. The molecule has 1 unspecified atom stereocenters. The summed E-state index contributed by atoms with van der Waals surface area (Å²) in [6.45, 7) is 8.06. The standard InChI is InChI=1S/C16H24N2O2/c1-16(2,3)17-13-9-10-18(11-13)15(19)12-5-7-14(20-4)8-6-12/h5-8,13,17H,9-11H2,1-4H3. The Morgan fingerprint density at radius 2 is 1.95 bits per heavy atom. The Morgan fingerprint density at radius 3 is 2.50 bits per heavy atom. The van der Waals surface area contributed by atoms with Crippen molar-refractivity contribution in [2.75, 3.05) is 20.2 Å². The number of carbonyl (C=O) groups is 1. The number of methoxy groups -OCH3 is 1. The molecule has 0 spiro atoms. The summed E-state index contributed by atoms with van der Waals surface area (Å²) < 4.78 is 5.11. The van der Waals surface area contributed by atoms with Gasteiger partial charge in [-0.3, -0.25) is 4.79 Å². The van der Waals surface area contributed by atoms with E-state index >= 15 is 0 Å². The fourth-order valence-electron chi connectivity index (χ4n) is 2.59. The first-order valence-electron chi connectivity index (χ1n) is 7.10. The molecule has 1 aliphatic rings. The minimum atomic E-state index is 0.0871. The van der Waals surface area contributed by atoms with Crippen molar-refractivity contribution in [3.05, 3.63) is 29.8 Å². The Hall–Kier alpha value is -1.55. The lowest BCUT2D eigenvalue weighted by molar-refractivity contribution is 0.0787. The molecule has 0 aliphatic carbocycles. The number of carbonyl (C=O) groups excluding carboxylic acids is 1. The summed E-state index contributed by atoms with van der Waals surface area (Å²) >= 11 is 0. The third-order valence-corrected chi connectivity index (χ3v) is 3.45. The van der Waals surface area contributed by atoms with Gasteiger partial charge in [0.15, 0.2) is 0 Å². The van der Waals surface area contributed by atoms with Crippen LogP contribution in [0.5, 0.6) is 5.75 Å². The highest BCUT2D eigenvalue weighted by Gasteiger charge is 2.29. The second-order valence-electron chi connectivity index (χ2n) is 6.36. The van der Waals surface area contributed by atoms with Crippen molar-refractivity contribution >= 4 is 5.91 Å². The van der Waals surface area contributed by atoms with Crippen LogP contribution in [0.15, 0.2) is 24.3 Å². The second-order valence-corrected chi connectivity index (χ2v) is 6.36. The molecule has 1 saturated heterocycles. The molecular weight excluding hydrogens is 252 g/mol. The lowest BCUT2D eigenvalue weighted by Gasteiger charge is -2.26. The van der Waals surface area contributed by atoms with Crippen LogP contribution in [0.4, 0.5) is 0 Å². The van der Waals surface area contributed by atoms with Gasteiger partial charge in [-0.05, 0) is 51.5 Å². The van der Waals surface area contributed by atoms with Crippen LogP contribution in [-0.4, -0.2) is 42.6 Å². The van der Waals surface area contributed by atoms with Crippen LogP contribution in [0.3, 0.4) is 0 Å². The van der Waals surface area contributed by atoms with E-state index in [1.165, 1.54) is 0 Å². The van der Waals surface area contributed by atoms with E-state index < -0.39 is 0 Å². The van der Waals surface area contributed by atoms with E-state index in [1.807, 2.05) is 29.2 Å². The second kappa shape index (κ2) is 5.83. The molecule has 1 aliphatic heterocycles. The van der Waals surface area contributed by atoms with Gasteiger partial charge in [-0.15, -0.1) is 0 Å². The normalized spacial score (nSPS) is 19.2. The topological polar surface area (TPSA) is 41.6 Å². The minimum Gasteiger partial charge on any atom is -0.497 e. The van der Waals surface area contributed by atoms with Crippen molar-refractivity contribution < 1.29 is 9.53 Å². The number of amides is 1. The van der Waals surface area contributed by atoms with Gasteiger partial charge >= 0.3 is 0 Å². The van der Waals surface area contributed by atoms with Gasteiger partial charge in [0.1, 0.15) is 5.75 Å². The average Bonchev–Trinajstić information content (AvgIpc) is 2.84. The summed E-state index contributed by atoms with van der Waals surface area (Å²) in [5.74, 6) is 0.876. The van der Waals surface area contributed by atoms with E-state index in [0.29, 0.717) is 6.04 Å². The zero-order valence-electron chi connectivity index (χ0n) is 12.8. The highest BCUT2D eigenvalue weighted by Crippen LogP contribution is 2.18. The zero-order chi connectivity index (χ0) is 14.8. The third kappa shape index (κ3) is 3.73. The maximum atomic E-state index is 12.4. The number of nitrogens with zero attached hydrogens (tertiary/aromatic N) is 1. The van der Waals surface area contributed by atoms with Gasteiger partial charge < -0.3 is 15.0 Å². The van der Waals surface area contributed by atoms with E-state index in [1.54, 1.807) is 7.11 Å². The van der Waals surface area contributed by atoms with Crippen molar-refractivity contribution in [3.8, 4) is 5.75 Å². The molecule has 1 amide bonds. The minimum absolute atomic E-state index is 0.0871. The molecule has 2 rings (SSSR count). The van der Waals surface area contributed by atoms with Crippen molar-refractivity contribution in [1.29, 1.82) is 0 Å². The van der Waals surface area contributed by atoms with E-state index in [9.17, 15) is 4.79 Å².